The summed E-state index contributed by atoms with van der Waals surface area (Å²) in [5.41, 5.74) is 1.61. The van der Waals surface area contributed by atoms with Crippen molar-refractivity contribution in [3.05, 3.63) is 58.4 Å². The van der Waals surface area contributed by atoms with Crippen molar-refractivity contribution < 1.29 is 4.92 Å². The standard InChI is InChI=1S/C11H8N2O2/c14-13(15)6-5-9-7-10-3-1-2-4-11(10)12-8-9/h1-8H/b6-5+. The van der Waals surface area contributed by atoms with Gasteiger partial charge in [0.05, 0.1) is 10.4 Å². The van der Waals surface area contributed by atoms with Gasteiger partial charge in [0.1, 0.15) is 0 Å². The van der Waals surface area contributed by atoms with E-state index in [1.807, 2.05) is 30.3 Å². The maximum Gasteiger partial charge on any atom is 0.235 e. The predicted octanol–water partition coefficient (Wildman–Crippen LogP) is 2.48. The van der Waals surface area contributed by atoms with Crippen LogP contribution in [0.15, 0.2) is 42.7 Å². The van der Waals surface area contributed by atoms with Crippen LogP contribution in [-0.4, -0.2) is 9.91 Å². The van der Waals surface area contributed by atoms with E-state index in [-0.39, 0.29) is 0 Å². The van der Waals surface area contributed by atoms with Crippen molar-refractivity contribution in [3.63, 3.8) is 0 Å². The quantitative estimate of drug-likeness (QED) is 0.552. The molecule has 15 heavy (non-hydrogen) atoms. The van der Waals surface area contributed by atoms with Gasteiger partial charge in [-0.05, 0) is 17.7 Å². The number of benzene rings is 1. The van der Waals surface area contributed by atoms with Crippen LogP contribution in [0.3, 0.4) is 0 Å². The molecule has 0 aliphatic heterocycles. The smallest absolute Gasteiger partial charge is 0.235 e. The number of aromatic nitrogens is 1. The molecule has 0 amide bonds. The van der Waals surface area contributed by atoms with Gasteiger partial charge in [-0.3, -0.25) is 15.1 Å². The first kappa shape index (κ1) is 9.33. The molecule has 0 aliphatic carbocycles. The Morgan fingerprint density at radius 3 is 2.93 bits per heavy atom. The summed E-state index contributed by atoms with van der Waals surface area (Å²) in [6, 6.07) is 9.50. The van der Waals surface area contributed by atoms with Crippen molar-refractivity contribution in [2.75, 3.05) is 0 Å². The molecule has 0 saturated heterocycles. The highest BCUT2D eigenvalue weighted by atomic mass is 16.6. The molecule has 1 aromatic heterocycles. The van der Waals surface area contributed by atoms with Crippen molar-refractivity contribution in [1.29, 1.82) is 0 Å². The number of pyridine rings is 1. The first-order valence-corrected chi connectivity index (χ1v) is 4.42. The van der Waals surface area contributed by atoms with Crippen molar-refractivity contribution in [3.8, 4) is 0 Å². The fraction of sp³-hybridized carbons (Fsp3) is 0. The third-order valence-electron chi connectivity index (χ3n) is 2.00. The van der Waals surface area contributed by atoms with E-state index in [1.165, 1.54) is 6.08 Å². The Morgan fingerprint density at radius 1 is 1.33 bits per heavy atom. The van der Waals surface area contributed by atoms with Crippen LogP contribution in [0.5, 0.6) is 0 Å². The molecular formula is C11H8N2O2. The number of hydrogen-bond acceptors (Lipinski definition) is 3. The molecule has 4 heteroatoms. The summed E-state index contributed by atoms with van der Waals surface area (Å²) >= 11 is 0. The van der Waals surface area contributed by atoms with E-state index in [0.29, 0.717) is 0 Å². The minimum Gasteiger partial charge on any atom is -0.259 e. The second kappa shape index (κ2) is 3.88. The summed E-state index contributed by atoms with van der Waals surface area (Å²) in [6.45, 7) is 0. The van der Waals surface area contributed by atoms with Crippen LogP contribution in [0.1, 0.15) is 5.56 Å². The van der Waals surface area contributed by atoms with Gasteiger partial charge in [-0.15, -0.1) is 0 Å². The molecule has 0 bridgehead atoms. The fourth-order valence-corrected chi connectivity index (χ4v) is 1.33. The second-order valence-electron chi connectivity index (χ2n) is 3.06. The first-order chi connectivity index (χ1) is 7.25. The summed E-state index contributed by atoms with van der Waals surface area (Å²) in [5.74, 6) is 0. The zero-order valence-electron chi connectivity index (χ0n) is 7.83. The maximum absolute atomic E-state index is 10.1. The number of rotatable bonds is 2. The van der Waals surface area contributed by atoms with Gasteiger partial charge < -0.3 is 0 Å². The SMILES string of the molecule is O=[N+]([O-])/C=C/c1cnc2ccccc2c1. The molecule has 1 aromatic carbocycles. The van der Waals surface area contributed by atoms with Crippen molar-refractivity contribution >= 4 is 17.0 Å². The number of nitrogens with zero attached hydrogens (tertiary/aromatic N) is 2. The minimum absolute atomic E-state index is 0.491. The van der Waals surface area contributed by atoms with E-state index in [2.05, 4.69) is 4.98 Å². The molecule has 0 radical (unpaired) electrons. The van der Waals surface area contributed by atoms with E-state index in [1.54, 1.807) is 6.20 Å². The Kier molecular flexibility index (Phi) is 2.41. The van der Waals surface area contributed by atoms with Gasteiger partial charge in [0.25, 0.3) is 0 Å². The minimum atomic E-state index is -0.491. The van der Waals surface area contributed by atoms with Gasteiger partial charge >= 0.3 is 0 Å². The van der Waals surface area contributed by atoms with E-state index >= 15 is 0 Å². The lowest BCUT2D eigenvalue weighted by Crippen LogP contribution is -1.84. The van der Waals surface area contributed by atoms with Crippen LogP contribution in [0.2, 0.25) is 0 Å². The Labute approximate surface area is 86.0 Å². The average Bonchev–Trinajstić information content (AvgIpc) is 2.26. The predicted molar refractivity (Wildman–Crippen MR) is 57.8 cm³/mol. The lowest BCUT2D eigenvalue weighted by Gasteiger charge is -1.96. The van der Waals surface area contributed by atoms with Gasteiger partial charge in [-0.1, -0.05) is 18.2 Å². The van der Waals surface area contributed by atoms with E-state index in [4.69, 9.17) is 0 Å². The van der Waals surface area contributed by atoms with E-state index < -0.39 is 4.92 Å². The van der Waals surface area contributed by atoms with Gasteiger partial charge in [0.15, 0.2) is 0 Å². The highest BCUT2D eigenvalue weighted by Gasteiger charge is 1.95. The summed E-state index contributed by atoms with van der Waals surface area (Å²) in [5, 5.41) is 11.1. The monoisotopic (exact) mass is 200 g/mol. The average molecular weight is 200 g/mol. The van der Waals surface area contributed by atoms with Crippen LogP contribution < -0.4 is 0 Å². The van der Waals surface area contributed by atoms with Crippen molar-refractivity contribution in [2.24, 2.45) is 0 Å². The second-order valence-corrected chi connectivity index (χ2v) is 3.06. The first-order valence-electron chi connectivity index (χ1n) is 4.42. The van der Waals surface area contributed by atoms with E-state index in [9.17, 15) is 10.1 Å². The molecule has 0 spiro atoms. The van der Waals surface area contributed by atoms with Crippen molar-refractivity contribution in [2.45, 2.75) is 0 Å². The molecule has 2 rings (SSSR count). The van der Waals surface area contributed by atoms with Gasteiger partial charge in [-0.25, -0.2) is 0 Å². The number of para-hydroxylation sites is 1. The Balaban J connectivity index is 2.43. The lowest BCUT2D eigenvalue weighted by atomic mass is 10.1. The third kappa shape index (κ3) is 2.17. The molecule has 0 unspecified atom stereocenters. The van der Waals surface area contributed by atoms with Gasteiger partial charge in [-0.2, -0.15) is 0 Å². The molecule has 4 nitrogen and oxygen atoms in total. The van der Waals surface area contributed by atoms with E-state index in [0.717, 1.165) is 22.7 Å². The molecule has 74 valence electrons. The summed E-state index contributed by atoms with van der Waals surface area (Å²) in [7, 11) is 0. The molecule has 0 saturated carbocycles. The maximum atomic E-state index is 10.1. The lowest BCUT2D eigenvalue weighted by molar-refractivity contribution is -0.400. The van der Waals surface area contributed by atoms with Crippen LogP contribution in [0.4, 0.5) is 0 Å². The number of hydrogen-bond donors (Lipinski definition) is 0. The third-order valence-corrected chi connectivity index (χ3v) is 2.00. The number of nitro groups is 1. The molecule has 1 heterocycles. The normalized spacial score (nSPS) is 10.9. The zero-order valence-corrected chi connectivity index (χ0v) is 7.83. The van der Waals surface area contributed by atoms with Crippen molar-refractivity contribution in [1.82, 2.24) is 4.98 Å². The number of fused-ring (bicyclic) bond motifs is 1. The van der Waals surface area contributed by atoms with Crippen LogP contribution in [-0.2, 0) is 0 Å². The fourth-order valence-electron chi connectivity index (χ4n) is 1.33. The zero-order chi connectivity index (χ0) is 10.7. The molecule has 0 atom stereocenters. The molecule has 0 fully saturated rings. The highest BCUT2D eigenvalue weighted by Crippen LogP contribution is 2.13. The summed E-state index contributed by atoms with van der Waals surface area (Å²) < 4.78 is 0. The Bertz CT molecular complexity index is 535. The van der Waals surface area contributed by atoms with Gasteiger partial charge in [0, 0.05) is 17.7 Å². The highest BCUT2D eigenvalue weighted by molar-refractivity contribution is 5.80. The van der Waals surface area contributed by atoms with Gasteiger partial charge in [0.2, 0.25) is 6.20 Å². The molecule has 0 aliphatic rings. The summed E-state index contributed by atoms with van der Waals surface area (Å²) in [6.07, 6.45) is 3.95. The van der Waals surface area contributed by atoms with Crippen LogP contribution in [0, 0.1) is 10.1 Å². The largest absolute Gasteiger partial charge is 0.259 e. The van der Waals surface area contributed by atoms with Crippen LogP contribution in [0.25, 0.3) is 17.0 Å². The Hall–Kier alpha value is -2.23. The Morgan fingerprint density at radius 2 is 2.13 bits per heavy atom. The van der Waals surface area contributed by atoms with Crippen LogP contribution >= 0.6 is 0 Å². The topological polar surface area (TPSA) is 56.0 Å². The summed E-state index contributed by atoms with van der Waals surface area (Å²) in [4.78, 5) is 13.8. The molecule has 0 N–H and O–H groups in total. The molecule has 2 aromatic rings. The molecular weight excluding hydrogens is 192 g/mol.